The lowest BCUT2D eigenvalue weighted by Gasteiger charge is -2.41. The summed E-state index contributed by atoms with van der Waals surface area (Å²) >= 11 is 0. The molecule has 5 rings (SSSR count). The Kier molecular flexibility index (Phi) is 4.04. The smallest absolute Gasteiger partial charge is 0.156 e. The van der Waals surface area contributed by atoms with Gasteiger partial charge in [0.05, 0.1) is 7.11 Å². The summed E-state index contributed by atoms with van der Waals surface area (Å²) in [5, 5.41) is 1.14. The van der Waals surface area contributed by atoms with Crippen molar-refractivity contribution in [2.75, 3.05) is 36.5 Å². The zero-order valence-corrected chi connectivity index (χ0v) is 16.1. The zero-order chi connectivity index (χ0) is 19.1. The number of hydrogen-bond donors (Lipinski definition) is 1. The second kappa shape index (κ2) is 6.71. The van der Waals surface area contributed by atoms with Gasteiger partial charge in [-0.15, -0.1) is 0 Å². The third kappa shape index (κ3) is 2.72. The monoisotopic (exact) mass is 373 g/mol. The molecule has 0 saturated carbocycles. The molecule has 3 heterocycles. The van der Waals surface area contributed by atoms with Crippen LogP contribution in [-0.2, 0) is 0 Å². The number of nitrogens with one attached hydrogen (secondary N) is 1. The minimum atomic E-state index is 0.357. The van der Waals surface area contributed by atoms with Gasteiger partial charge in [-0.25, -0.2) is 9.97 Å². The van der Waals surface area contributed by atoms with Gasteiger partial charge in [-0.1, -0.05) is 24.3 Å². The molecule has 2 aromatic heterocycles. The molecule has 1 fully saturated rings. The third-order valence-corrected chi connectivity index (χ3v) is 5.58. The van der Waals surface area contributed by atoms with Crippen LogP contribution in [0.5, 0.6) is 5.75 Å². The van der Waals surface area contributed by atoms with E-state index in [0.717, 1.165) is 53.1 Å². The standard InChI is InChI=1S/C22H23N5O/c1-15-13-26(10-11-27(15)16-6-5-7-17(12-16)28-2)22-21-20(23-14-24-22)18-8-3-4-9-19(18)25-21/h3-9,12,14-15,25H,10-11,13H2,1-2H3/t15-/m1/s1. The molecular formula is C22H23N5O. The van der Waals surface area contributed by atoms with Crippen LogP contribution in [0.2, 0.25) is 0 Å². The van der Waals surface area contributed by atoms with Gasteiger partial charge in [0.25, 0.3) is 0 Å². The summed E-state index contributed by atoms with van der Waals surface area (Å²) in [5.74, 6) is 1.88. The van der Waals surface area contributed by atoms with E-state index in [4.69, 9.17) is 4.74 Å². The Morgan fingerprint density at radius 3 is 2.82 bits per heavy atom. The highest BCUT2D eigenvalue weighted by Gasteiger charge is 2.26. The Morgan fingerprint density at radius 1 is 1.07 bits per heavy atom. The highest BCUT2D eigenvalue weighted by atomic mass is 16.5. The number of aromatic nitrogens is 3. The molecule has 0 bridgehead atoms. The van der Waals surface area contributed by atoms with Gasteiger partial charge in [0.2, 0.25) is 0 Å². The van der Waals surface area contributed by atoms with Gasteiger partial charge in [-0.2, -0.15) is 0 Å². The first-order valence-corrected chi connectivity index (χ1v) is 9.61. The molecule has 1 saturated heterocycles. The maximum Gasteiger partial charge on any atom is 0.156 e. The Bertz CT molecular complexity index is 1140. The summed E-state index contributed by atoms with van der Waals surface area (Å²) in [6.45, 7) is 5.00. The Morgan fingerprint density at radius 2 is 1.96 bits per heavy atom. The summed E-state index contributed by atoms with van der Waals surface area (Å²) in [6.07, 6.45) is 1.68. The van der Waals surface area contributed by atoms with Crippen molar-refractivity contribution >= 4 is 33.4 Å². The van der Waals surface area contributed by atoms with Gasteiger partial charge < -0.3 is 19.5 Å². The molecule has 1 aliphatic rings. The lowest BCUT2D eigenvalue weighted by Crippen LogP contribution is -2.52. The fourth-order valence-corrected chi connectivity index (χ4v) is 4.19. The van der Waals surface area contributed by atoms with E-state index >= 15 is 0 Å². The molecule has 0 radical (unpaired) electrons. The largest absolute Gasteiger partial charge is 0.497 e. The van der Waals surface area contributed by atoms with Crippen LogP contribution in [0, 0.1) is 0 Å². The zero-order valence-electron chi connectivity index (χ0n) is 16.1. The number of fused-ring (bicyclic) bond motifs is 3. The van der Waals surface area contributed by atoms with Crippen LogP contribution in [-0.4, -0.2) is 47.7 Å². The Hall–Kier alpha value is -3.28. The number of H-pyrrole nitrogens is 1. The molecule has 0 amide bonds. The Balaban J connectivity index is 1.46. The van der Waals surface area contributed by atoms with Crippen LogP contribution < -0.4 is 14.5 Å². The highest BCUT2D eigenvalue weighted by Crippen LogP contribution is 2.31. The fraction of sp³-hybridized carbons (Fsp3) is 0.273. The molecule has 1 aliphatic heterocycles. The van der Waals surface area contributed by atoms with Gasteiger partial charge in [-0.3, -0.25) is 0 Å². The normalized spacial score (nSPS) is 17.4. The van der Waals surface area contributed by atoms with Crippen molar-refractivity contribution in [2.45, 2.75) is 13.0 Å². The number of methoxy groups -OCH3 is 1. The van der Waals surface area contributed by atoms with Gasteiger partial charge in [0.15, 0.2) is 5.82 Å². The first-order valence-electron chi connectivity index (χ1n) is 9.61. The van der Waals surface area contributed by atoms with E-state index in [0.29, 0.717) is 6.04 Å². The number of anilines is 2. The predicted octanol–water partition coefficient (Wildman–Crippen LogP) is 3.83. The third-order valence-electron chi connectivity index (χ3n) is 5.58. The van der Waals surface area contributed by atoms with Crippen molar-refractivity contribution in [1.29, 1.82) is 0 Å². The van der Waals surface area contributed by atoms with E-state index in [1.165, 1.54) is 5.69 Å². The molecule has 142 valence electrons. The van der Waals surface area contributed by atoms with Crippen molar-refractivity contribution in [1.82, 2.24) is 15.0 Å². The average Bonchev–Trinajstić information content (AvgIpc) is 3.12. The van der Waals surface area contributed by atoms with Crippen molar-refractivity contribution < 1.29 is 4.74 Å². The number of hydrogen-bond acceptors (Lipinski definition) is 5. The molecule has 4 aromatic rings. The van der Waals surface area contributed by atoms with E-state index in [1.807, 2.05) is 24.3 Å². The summed E-state index contributed by atoms with van der Waals surface area (Å²) < 4.78 is 5.39. The summed E-state index contributed by atoms with van der Waals surface area (Å²) in [5.41, 5.74) is 4.31. The van der Waals surface area contributed by atoms with E-state index in [-0.39, 0.29) is 0 Å². The predicted molar refractivity (Wildman–Crippen MR) is 113 cm³/mol. The molecule has 0 spiro atoms. The van der Waals surface area contributed by atoms with Crippen LogP contribution in [0.15, 0.2) is 54.9 Å². The van der Waals surface area contributed by atoms with Gasteiger partial charge in [0, 0.05) is 48.3 Å². The molecule has 0 unspecified atom stereocenters. The van der Waals surface area contributed by atoms with E-state index in [9.17, 15) is 0 Å². The SMILES string of the molecule is COc1cccc(N2CCN(c3ncnc4c3[nH]c3ccccc34)C[C@H]2C)c1. The molecule has 6 heteroatoms. The summed E-state index contributed by atoms with van der Waals surface area (Å²) in [4.78, 5) is 17.5. The summed E-state index contributed by atoms with van der Waals surface area (Å²) in [7, 11) is 1.71. The first kappa shape index (κ1) is 16.9. The molecule has 0 aliphatic carbocycles. The second-order valence-corrected chi connectivity index (χ2v) is 7.28. The van der Waals surface area contributed by atoms with Crippen molar-refractivity contribution in [3.8, 4) is 5.75 Å². The first-order chi connectivity index (χ1) is 13.7. The molecule has 2 aromatic carbocycles. The molecule has 6 nitrogen and oxygen atoms in total. The summed E-state index contributed by atoms with van der Waals surface area (Å²) in [6, 6.07) is 16.9. The number of nitrogens with zero attached hydrogens (tertiary/aromatic N) is 4. The average molecular weight is 373 g/mol. The maximum absolute atomic E-state index is 5.39. The number of piperazine rings is 1. The Labute approximate surface area is 163 Å². The van der Waals surface area contributed by atoms with Gasteiger partial charge in [-0.05, 0) is 25.1 Å². The van der Waals surface area contributed by atoms with Crippen LogP contribution in [0.25, 0.3) is 21.9 Å². The van der Waals surface area contributed by atoms with Crippen molar-refractivity contribution in [2.24, 2.45) is 0 Å². The molecule has 28 heavy (non-hydrogen) atoms. The fourth-order valence-electron chi connectivity index (χ4n) is 4.19. The quantitative estimate of drug-likeness (QED) is 0.591. The topological polar surface area (TPSA) is 57.3 Å². The number of ether oxygens (including phenoxy) is 1. The van der Waals surface area contributed by atoms with E-state index < -0.39 is 0 Å². The molecule has 1 N–H and O–H groups in total. The second-order valence-electron chi connectivity index (χ2n) is 7.28. The van der Waals surface area contributed by atoms with Crippen molar-refractivity contribution in [3.63, 3.8) is 0 Å². The molecular weight excluding hydrogens is 350 g/mol. The minimum absolute atomic E-state index is 0.357. The van der Waals surface area contributed by atoms with Crippen LogP contribution in [0.3, 0.4) is 0 Å². The molecule has 1 atom stereocenters. The van der Waals surface area contributed by atoms with Gasteiger partial charge in [0.1, 0.15) is 23.1 Å². The van der Waals surface area contributed by atoms with Crippen LogP contribution in [0.4, 0.5) is 11.5 Å². The van der Waals surface area contributed by atoms with Crippen LogP contribution >= 0.6 is 0 Å². The lowest BCUT2D eigenvalue weighted by atomic mass is 10.1. The van der Waals surface area contributed by atoms with E-state index in [2.05, 4.69) is 55.9 Å². The van der Waals surface area contributed by atoms with Crippen LogP contribution in [0.1, 0.15) is 6.92 Å². The number of para-hydroxylation sites is 1. The highest BCUT2D eigenvalue weighted by molar-refractivity contribution is 6.08. The number of rotatable bonds is 3. The number of aromatic amines is 1. The number of benzene rings is 2. The van der Waals surface area contributed by atoms with E-state index in [1.54, 1.807) is 13.4 Å². The van der Waals surface area contributed by atoms with Gasteiger partial charge >= 0.3 is 0 Å². The maximum atomic E-state index is 5.39. The lowest BCUT2D eigenvalue weighted by molar-refractivity contribution is 0.414. The van der Waals surface area contributed by atoms with Crippen molar-refractivity contribution in [3.05, 3.63) is 54.9 Å². The minimum Gasteiger partial charge on any atom is -0.497 e.